The molecule has 0 bridgehead atoms. The van der Waals surface area contributed by atoms with E-state index in [-0.39, 0.29) is 54.3 Å². The fraction of sp³-hybridized carbons (Fsp3) is 0.429. The molecule has 4 heterocycles. The van der Waals surface area contributed by atoms with Crippen LogP contribution in [-0.2, 0) is 35.4 Å². The first-order chi connectivity index (χ1) is 23.0. The lowest BCUT2D eigenvalue weighted by Crippen LogP contribution is -2.51. The summed E-state index contributed by atoms with van der Waals surface area (Å²) in [4.78, 5) is 26.0. The quantitative estimate of drug-likeness (QED) is 0.239. The number of aryl methyl sites for hydroxylation is 1. The van der Waals surface area contributed by atoms with Crippen LogP contribution in [0.1, 0.15) is 42.9 Å². The number of hydrogen-bond acceptors (Lipinski definition) is 9. The molecule has 2 saturated heterocycles. The summed E-state index contributed by atoms with van der Waals surface area (Å²) in [6.07, 6.45) is -0.375. The number of furan rings is 1. The highest BCUT2D eigenvalue weighted by Crippen LogP contribution is 2.36. The van der Waals surface area contributed by atoms with E-state index in [1.54, 1.807) is 31.2 Å². The van der Waals surface area contributed by atoms with Crippen LogP contribution in [0.5, 0.6) is 0 Å². The lowest BCUT2D eigenvalue weighted by Gasteiger charge is -2.31. The molecule has 6 rings (SSSR count). The van der Waals surface area contributed by atoms with E-state index in [1.165, 1.54) is 16.4 Å². The number of aliphatic hydroxyl groups excluding tert-OH is 1. The van der Waals surface area contributed by atoms with E-state index in [1.807, 2.05) is 44.2 Å². The molecule has 2 amide bonds. The molecule has 3 aliphatic heterocycles. The number of anilines is 1. The van der Waals surface area contributed by atoms with Gasteiger partial charge in [-0.25, -0.2) is 13.2 Å². The highest BCUT2D eigenvalue weighted by molar-refractivity contribution is 7.89. The second kappa shape index (κ2) is 14.2. The van der Waals surface area contributed by atoms with Crippen LogP contribution in [0.15, 0.2) is 70.0 Å². The Morgan fingerprint density at radius 3 is 2.65 bits per heavy atom. The second-order valence-corrected chi connectivity index (χ2v) is 14.8. The van der Waals surface area contributed by atoms with Gasteiger partial charge in [0.1, 0.15) is 17.6 Å². The average Bonchev–Trinajstić information content (AvgIpc) is 3.83. The van der Waals surface area contributed by atoms with Crippen molar-refractivity contribution in [2.24, 2.45) is 11.8 Å². The van der Waals surface area contributed by atoms with Crippen LogP contribution in [-0.4, -0.2) is 80.7 Å². The monoisotopic (exact) mass is 679 g/mol. The van der Waals surface area contributed by atoms with Crippen molar-refractivity contribution in [1.82, 2.24) is 9.62 Å². The van der Waals surface area contributed by atoms with E-state index in [4.69, 9.17) is 18.6 Å². The fourth-order valence-electron chi connectivity index (χ4n) is 6.33. The van der Waals surface area contributed by atoms with Gasteiger partial charge >= 0.3 is 6.09 Å². The smallest absolute Gasteiger partial charge is 0.407 e. The highest BCUT2D eigenvalue weighted by atomic mass is 32.2. The summed E-state index contributed by atoms with van der Waals surface area (Å²) in [6, 6.07) is 16.4. The molecule has 0 saturated carbocycles. The van der Waals surface area contributed by atoms with Gasteiger partial charge in [-0.05, 0) is 67.7 Å². The van der Waals surface area contributed by atoms with Gasteiger partial charge in [0, 0.05) is 24.3 Å². The number of amides is 2. The van der Waals surface area contributed by atoms with Gasteiger partial charge in [0.2, 0.25) is 10.0 Å². The molecule has 2 aromatic carbocycles. The van der Waals surface area contributed by atoms with Crippen molar-refractivity contribution < 1.29 is 41.7 Å². The lowest BCUT2D eigenvalue weighted by atomic mass is 10.0. The molecular formula is C35H41N3O9S. The summed E-state index contributed by atoms with van der Waals surface area (Å²) < 4.78 is 52.1. The molecule has 0 radical (unpaired) electrons. The zero-order valence-corrected chi connectivity index (χ0v) is 27.9. The van der Waals surface area contributed by atoms with Gasteiger partial charge in [0.05, 0.1) is 41.7 Å². The van der Waals surface area contributed by atoms with Gasteiger partial charge in [-0.3, -0.25) is 4.79 Å². The Morgan fingerprint density at radius 1 is 1.12 bits per heavy atom. The number of rotatable bonds is 12. The first-order valence-corrected chi connectivity index (χ1v) is 17.6. The van der Waals surface area contributed by atoms with Crippen LogP contribution in [0.3, 0.4) is 0 Å². The SMILES string of the molecule is Cc1ccc(/C=C2\C(=O)Nc3ccc(S(=O)(=O)N(CC(C)C)C[C@@H](O)[C@H](Cc4ccccc4)NC(=O)OC4COC5OCCC45)cc32)o1. The number of nitrogens with one attached hydrogen (secondary N) is 2. The minimum absolute atomic E-state index is 0.0336. The van der Waals surface area contributed by atoms with Crippen molar-refractivity contribution in [2.75, 3.05) is 31.6 Å². The number of hydrogen-bond donors (Lipinski definition) is 3. The van der Waals surface area contributed by atoms with Crippen LogP contribution in [0.4, 0.5) is 10.5 Å². The van der Waals surface area contributed by atoms with E-state index < -0.39 is 40.7 Å². The number of aliphatic hydroxyl groups is 1. The van der Waals surface area contributed by atoms with E-state index in [0.29, 0.717) is 35.8 Å². The number of nitrogens with zero attached hydrogens (tertiary/aromatic N) is 1. The van der Waals surface area contributed by atoms with Crippen molar-refractivity contribution in [2.45, 2.75) is 63.0 Å². The Labute approximate surface area is 280 Å². The molecule has 12 nitrogen and oxygen atoms in total. The minimum atomic E-state index is -4.18. The molecule has 3 aromatic rings. The lowest BCUT2D eigenvalue weighted by molar-refractivity contribution is -0.110. The zero-order valence-electron chi connectivity index (χ0n) is 27.1. The molecule has 2 fully saturated rings. The predicted molar refractivity (Wildman–Crippen MR) is 177 cm³/mol. The van der Waals surface area contributed by atoms with Crippen molar-refractivity contribution in [3.63, 3.8) is 0 Å². The molecule has 1 aromatic heterocycles. The maximum absolute atomic E-state index is 14.2. The normalized spacial score (nSPS) is 22.5. The first-order valence-electron chi connectivity index (χ1n) is 16.1. The largest absolute Gasteiger partial charge is 0.462 e. The summed E-state index contributed by atoms with van der Waals surface area (Å²) in [7, 11) is -4.18. The minimum Gasteiger partial charge on any atom is -0.462 e. The van der Waals surface area contributed by atoms with Crippen LogP contribution >= 0.6 is 0 Å². The van der Waals surface area contributed by atoms with Crippen LogP contribution in [0.25, 0.3) is 11.6 Å². The summed E-state index contributed by atoms with van der Waals surface area (Å²) in [5.41, 5.74) is 2.03. The number of ether oxygens (including phenoxy) is 3. The molecule has 3 N–H and O–H groups in total. The van der Waals surface area contributed by atoms with Gasteiger partial charge in [-0.2, -0.15) is 4.31 Å². The number of fused-ring (bicyclic) bond motifs is 2. The van der Waals surface area contributed by atoms with Gasteiger partial charge in [-0.1, -0.05) is 44.2 Å². The predicted octanol–water partition coefficient (Wildman–Crippen LogP) is 4.19. The third-order valence-corrected chi connectivity index (χ3v) is 10.6. The summed E-state index contributed by atoms with van der Waals surface area (Å²) >= 11 is 0. The van der Waals surface area contributed by atoms with Crippen molar-refractivity contribution in [3.8, 4) is 0 Å². The van der Waals surface area contributed by atoms with Crippen LogP contribution in [0, 0.1) is 18.8 Å². The summed E-state index contributed by atoms with van der Waals surface area (Å²) in [5, 5.41) is 17.2. The number of benzene rings is 2. The molecular weight excluding hydrogens is 638 g/mol. The molecule has 256 valence electrons. The highest BCUT2D eigenvalue weighted by Gasteiger charge is 2.44. The van der Waals surface area contributed by atoms with Gasteiger partial charge in [0.15, 0.2) is 6.29 Å². The summed E-state index contributed by atoms with van der Waals surface area (Å²) in [5.74, 6) is 0.631. The Bertz CT molecular complexity index is 1770. The number of alkyl carbamates (subject to hydrolysis) is 1. The molecule has 5 atom stereocenters. The van der Waals surface area contributed by atoms with Gasteiger partial charge < -0.3 is 34.4 Å². The molecule has 3 unspecified atom stereocenters. The Balaban J connectivity index is 1.24. The zero-order chi connectivity index (χ0) is 34.0. The summed E-state index contributed by atoms with van der Waals surface area (Å²) in [6.45, 7) is 6.11. The van der Waals surface area contributed by atoms with Crippen molar-refractivity contribution in [1.29, 1.82) is 0 Å². The van der Waals surface area contributed by atoms with Crippen LogP contribution < -0.4 is 10.6 Å². The Hall–Kier alpha value is -4.01. The van der Waals surface area contributed by atoms with E-state index in [9.17, 15) is 23.1 Å². The van der Waals surface area contributed by atoms with Gasteiger partial charge in [0.25, 0.3) is 5.91 Å². The van der Waals surface area contributed by atoms with Crippen molar-refractivity contribution >= 4 is 39.4 Å². The fourth-order valence-corrected chi connectivity index (χ4v) is 7.98. The first kappa shape index (κ1) is 33.9. The standard InChI is InChI=1S/C35H41N3O9S/c1-21(2)18-38(48(42,43)25-11-12-29-27(17-25)28(33(40)36-29)16-24-10-9-22(3)46-24)19-31(39)30(15-23-7-5-4-6-8-23)37-35(41)47-32-20-45-34-26(32)13-14-44-34/h4-12,16-17,21,26,30-32,34,39H,13-15,18-20H2,1-3H3,(H,36,40)(H,37,41)/b28-16-/t26?,30-,31+,32?,34?/m0/s1. The average molecular weight is 680 g/mol. The third kappa shape index (κ3) is 7.50. The molecule has 0 aliphatic carbocycles. The maximum Gasteiger partial charge on any atom is 0.407 e. The topological polar surface area (TPSA) is 157 Å². The van der Waals surface area contributed by atoms with Gasteiger partial charge in [-0.15, -0.1) is 0 Å². The number of sulfonamides is 1. The molecule has 13 heteroatoms. The third-order valence-electron chi connectivity index (χ3n) is 8.73. The number of carbonyl (C=O) groups excluding carboxylic acids is 2. The number of carbonyl (C=O) groups is 2. The van der Waals surface area contributed by atoms with E-state index in [2.05, 4.69) is 10.6 Å². The van der Waals surface area contributed by atoms with E-state index >= 15 is 0 Å². The molecule has 3 aliphatic rings. The Morgan fingerprint density at radius 2 is 1.92 bits per heavy atom. The van der Waals surface area contributed by atoms with Crippen molar-refractivity contribution in [3.05, 3.63) is 83.3 Å². The van der Waals surface area contributed by atoms with E-state index in [0.717, 1.165) is 5.56 Å². The molecule has 48 heavy (non-hydrogen) atoms. The maximum atomic E-state index is 14.2. The molecule has 0 spiro atoms. The second-order valence-electron chi connectivity index (χ2n) is 12.9. The Kier molecular flexibility index (Phi) is 10.0. The van der Waals surface area contributed by atoms with Crippen LogP contribution in [0.2, 0.25) is 0 Å².